The molecule has 0 radical (unpaired) electrons. The molecule has 228 valence electrons. The van der Waals surface area contributed by atoms with E-state index in [0.717, 1.165) is 21.9 Å². The van der Waals surface area contributed by atoms with Crippen LogP contribution in [0.3, 0.4) is 0 Å². The Hall–Kier alpha value is -6.44. The number of para-hydroxylation sites is 1. The molecule has 1 heterocycles. The van der Waals surface area contributed by atoms with Crippen LogP contribution in [0.2, 0.25) is 0 Å². The van der Waals surface area contributed by atoms with Gasteiger partial charge in [0.05, 0.1) is 0 Å². The Labute approximate surface area is 284 Å². The van der Waals surface area contributed by atoms with Gasteiger partial charge in [-0.15, -0.1) is 0 Å². The highest BCUT2D eigenvalue weighted by Crippen LogP contribution is 2.48. The van der Waals surface area contributed by atoms with Gasteiger partial charge in [0.15, 0.2) is 0 Å². The zero-order chi connectivity index (χ0) is 32.3. The van der Waals surface area contributed by atoms with E-state index in [4.69, 9.17) is 4.42 Å². The van der Waals surface area contributed by atoms with E-state index in [9.17, 15) is 0 Å². The summed E-state index contributed by atoms with van der Waals surface area (Å²) in [5.74, 6) is 0. The lowest BCUT2D eigenvalue weighted by atomic mass is 9.82. The smallest absolute Gasteiger partial charge is 0.135 e. The minimum atomic E-state index is 0.910. The van der Waals surface area contributed by atoms with Gasteiger partial charge >= 0.3 is 0 Å². The Balaban J connectivity index is 1.33. The average Bonchev–Trinajstić information content (AvgIpc) is 3.55. The Morgan fingerprint density at radius 3 is 1.61 bits per heavy atom. The molecule has 9 aromatic carbocycles. The van der Waals surface area contributed by atoms with Gasteiger partial charge in [0, 0.05) is 10.8 Å². The van der Waals surface area contributed by atoms with Crippen molar-refractivity contribution in [1.82, 2.24) is 0 Å². The molecule has 0 saturated carbocycles. The SMILES string of the molecule is c1ccc(-c2ccccc2-c2c3ccccc3c(-c3cccc4ccccc34)c3ccc(-c4ccc5oc6ccccc6c5c4)cc23)cc1. The molecule has 0 spiro atoms. The molecule has 0 N–H and O–H groups in total. The van der Waals surface area contributed by atoms with Crippen molar-refractivity contribution in [2.75, 3.05) is 0 Å². The Bertz CT molecular complexity index is 2870. The molecule has 0 aliphatic rings. The van der Waals surface area contributed by atoms with Gasteiger partial charge in [-0.2, -0.15) is 0 Å². The summed E-state index contributed by atoms with van der Waals surface area (Å²) in [4.78, 5) is 0. The van der Waals surface area contributed by atoms with E-state index >= 15 is 0 Å². The molecule has 0 aliphatic heterocycles. The fourth-order valence-corrected chi connectivity index (χ4v) is 7.86. The molecule has 1 nitrogen and oxygen atoms in total. The lowest BCUT2D eigenvalue weighted by Gasteiger charge is -2.21. The fraction of sp³-hybridized carbons (Fsp3) is 0. The second-order valence-electron chi connectivity index (χ2n) is 12.8. The van der Waals surface area contributed by atoms with E-state index in [1.54, 1.807) is 0 Å². The van der Waals surface area contributed by atoms with E-state index in [2.05, 4.69) is 170 Å². The zero-order valence-electron chi connectivity index (χ0n) is 26.7. The molecule has 0 bridgehead atoms. The maximum atomic E-state index is 6.19. The van der Waals surface area contributed by atoms with E-state index in [0.29, 0.717) is 0 Å². The van der Waals surface area contributed by atoms with Crippen molar-refractivity contribution >= 4 is 54.3 Å². The predicted molar refractivity (Wildman–Crippen MR) is 208 cm³/mol. The van der Waals surface area contributed by atoms with Gasteiger partial charge in [0.2, 0.25) is 0 Å². The molecule has 0 atom stereocenters. The van der Waals surface area contributed by atoms with Crippen molar-refractivity contribution in [3.05, 3.63) is 182 Å². The second kappa shape index (κ2) is 11.1. The first-order valence-corrected chi connectivity index (χ1v) is 16.8. The molecule has 0 unspecified atom stereocenters. The number of furan rings is 1. The summed E-state index contributed by atoms with van der Waals surface area (Å²) in [6.07, 6.45) is 0. The third kappa shape index (κ3) is 4.40. The van der Waals surface area contributed by atoms with Crippen molar-refractivity contribution in [3.8, 4) is 44.5 Å². The van der Waals surface area contributed by atoms with Gasteiger partial charge in [-0.3, -0.25) is 0 Å². The van der Waals surface area contributed by atoms with Crippen LogP contribution in [0.1, 0.15) is 0 Å². The van der Waals surface area contributed by atoms with Crippen molar-refractivity contribution in [2.45, 2.75) is 0 Å². The van der Waals surface area contributed by atoms with Crippen molar-refractivity contribution < 1.29 is 4.42 Å². The molecule has 10 aromatic rings. The normalized spacial score (nSPS) is 11.7. The van der Waals surface area contributed by atoms with Gasteiger partial charge in [-0.25, -0.2) is 0 Å². The Morgan fingerprint density at radius 2 is 0.796 bits per heavy atom. The van der Waals surface area contributed by atoms with Gasteiger partial charge in [-0.05, 0) is 101 Å². The van der Waals surface area contributed by atoms with E-state index in [1.807, 2.05) is 12.1 Å². The zero-order valence-corrected chi connectivity index (χ0v) is 26.7. The molecular weight excluding hydrogens is 593 g/mol. The van der Waals surface area contributed by atoms with Crippen LogP contribution in [0, 0.1) is 0 Å². The maximum absolute atomic E-state index is 6.19. The summed E-state index contributed by atoms with van der Waals surface area (Å²) < 4.78 is 6.19. The summed E-state index contributed by atoms with van der Waals surface area (Å²) in [5, 5.41) is 9.76. The lowest BCUT2D eigenvalue weighted by molar-refractivity contribution is 0.669. The quantitative estimate of drug-likeness (QED) is 0.178. The number of rotatable bonds is 4. The van der Waals surface area contributed by atoms with Crippen LogP contribution in [0.15, 0.2) is 186 Å². The molecular formula is C48H30O. The van der Waals surface area contributed by atoms with Crippen LogP contribution in [0.4, 0.5) is 0 Å². The van der Waals surface area contributed by atoms with Gasteiger partial charge in [-0.1, -0.05) is 158 Å². The van der Waals surface area contributed by atoms with E-state index < -0.39 is 0 Å². The largest absolute Gasteiger partial charge is 0.456 e. The van der Waals surface area contributed by atoms with Crippen LogP contribution in [-0.2, 0) is 0 Å². The van der Waals surface area contributed by atoms with Gasteiger partial charge in [0.1, 0.15) is 11.2 Å². The average molecular weight is 623 g/mol. The Morgan fingerprint density at radius 1 is 0.265 bits per heavy atom. The molecule has 0 amide bonds. The lowest BCUT2D eigenvalue weighted by Crippen LogP contribution is -1.94. The molecule has 49 heavy (non-hydrogen) atoms. The van der Waals surface area contributed by atoms with Crippen LogP contribution in [-0.4, -0.2) is 0 Å². The van der Waals surface area contributed by atoms with Crippen LogP contribution in [0.25, 0.3) is 98.8 Å². The summed E-state index contributed by atoms with van der Waals surface area (Å²) >= 11 is 0. The monoisotopic (exact) mass is 622 g/mol. The molecule has 10 rings (SSSR count). The summed E-state index contributed by atoms with van der Waals surface area (Å²) in [6.45, 7) is 0. The first-order valence-electron chi connectivity index (χ1n) is 16.8. The molecule has 1 aromatic heterocycles. The third-order valence-corrected chi connectivity index (χ3v) is 10.1. The van der Waals surface area contributed by atoms with Gasteiger partial charge < -0.3 is 4.42 Å². The van der Waals surface area contributed by atoms with Crippen LogP contribution < -0.4 is 0 Å². The van der Waals surface area contributed by atoms with Crippen molar-refractivity contribution in [2.24, 2.45) is 0 Å². The molecule has 0 saturated heterocycles. The molecule has 0 fully saturated rings. The second-order valence-corrected chi connectivity index (χ2v) is 12.8. The highest BCUT2D eigenvalue weighted by Gasteiger charge is 2.21. The van der Waals surface area contributed by atoms with E-state index in [1.165, 1.54) is 76.8 Å². The topological polar surface area (TPSA) is 13.1 Å². The third-order valence-electron chi connectivity index (χ3n) is 10.1. The minimum absolute atomic E-state index is 0.910. The predicted octanol–water partition coefficient (Wildman–Crippen LogP) is 13.7. The number of hydrogen-bond donors (Lipinski definition) is 0. The number of benzene rings is 9. The highest BCUT2D eigenvalue weighted by molar-refractivity contribution is 6.25. The maximum Gasteiger partial charge on any atom is 0.135 e. The van der Waals surface area contributed by atoms with Crippen molar-refractivity contribution in [1.29, 1.82) is 0 Å². The highest BCUT2D eigenvalue weighted by atomic mass is 16.3. The van der Waals surface area contributed by atoms with E-state index in [-0.39, 0.29) is 0 Å². The fourth-order valence-electron chi connectivity index (χ4n) is 7.86. The summed E-state index contributed by atoms with van der Waals surface area (Å²) in [7, 11) is 0. The number of fused-ring (bicyclic) bond motifs is 6. The summed E-state index contributed by atoms with van der Waals surface area (Å²) in [5.41, 5.74) is 11.6. The standard InChI is InChI=1S/C48H30O/c1-2-13-31(14-3-1)35-18-6-7-20-38(35)48-41-22-9-8-21-40(41)47(39-23-12-16-32-15-4-5-17-36(32)39)42-27-25-33(30-44(42)48)34-26-28-46-43(29-34)37-19-10-11-24-45(37)49-46/h1-30H. The first kappa shape index (κ1) is 27.7. The molecule has 1 heteroatoms. The van der Waals surface area contributed by atoms with Crippen molar-refractivity contribution in [3.63, 3.8) is 0 Å². The molecule has 0 aliphatic carbocycles. The first-order chi connectivity index (χ1) is 24.3. The summed E-state index contributed by atoms with van der Waals surface area (Å²) in [6, 6.07) is 65.9. The van der Waals surface area contributed by atoms with Gasteiger partial charge in [0.25, 0.3) is 0 Å². The van der Waals surface area contributed by atoms with Crippen LogP contribution in [0.5, 0.6) is 0 Å². The minimum Gasteiger partial charge on any atom is -0.456 e. The Kier molecular flexibility index (Phi) is 6.25. The van der Waals surface area contributed by atoms with Crippen LogP contribution >= 0.6 is 0 Å². The number of hydrogen-bond acceptors (Lipinski definition) is 1.